The van der Waals surface area contributed by atoms with Crippen LogP contribution in [0.4, 0.5) is 0 Å². The Hall–Kier alpha value is -0.890. The molecule has 116 valence electrons. The van der Waals surface area contributed by atoms with Crippen molar-refractivity contribution in [2.45, 2.75) is 25.6 Å². The Morgan fingerprint density at radius 1 is 1.43 bits per heavy atom. The van der Waals surface area contributed by atoms with Crippen molar-refractivity contribution in [3.05, 3.63) is 28.4 Å². The molecule has 0 aromatic carbocycles. The van der Waals surface area contributed by atoms with Crippen molar-refractivity contribution in [1.29, 1.82) is 0 Å². The molecule has 0 bridgehead atoms. The summed E-state index contributed by atoms with van der Waals surface area (Å²) in [5.74, 6) is 0. The van der Waals surface area contributed by atoms with Gasteiger partial charge in [0.1, 0.15) is 0 Å². The van der Waals surface area contributed by atoms with E-state index in [2.05, 4.69) is 48.3 Å². The van der Waals surface area contributed by atoms with Crippen molar-refractivity contribution in [2.24, 2.45) is 0 Å². The van der Waals surface area contributed by atoms with E-state index in [-0.39, 0.29) is 0 Å². The molecule has 0 atom stereocenters. The Bertz CT molecular complexity index is 482. The van der Waals surface area contributed by atoms with Gasteiger partial charge < -0.3 is 15.1 Å². The molecule has 0 spiro atoms. The molecule has 3 heterocycles. The first-order valence-electron chi connectivity index (χ1n) is 7.37. The van der Waals surface area contributed by atoms with E-state index in [9.17, 15) is 0 Å². The number of H-pyrrole nitrogens is 1. The molecule has 3 rings (SSSR count). The van der Waals surface area contributed by atoms with E-state index in [0.717, 1.165) is 44.7 Å². The normalized spacial score (nSPS) is 22.0. The second kappa shape index (κ2) is 6.91. The predicted molar refractivity (Wildman–Crippen MR) is 84.6 cm³/mol. The van der Waals surface area contributed by atoms with E-state index in [0.29, 0.717) is 12.7 Å². The number of halogens is 1. The predicted octanol–water partition coefficient (Wildman–Crippen LogP) is 1.45. The van der Waals surface area contributed by atoms with Crippen LogP contribution in [0.5, 0.6) is 0 Å². The quantitative estimate of drug-likeness (QED) is 0.837. The zero-order chi connectivity index (χ0) is 14.7. The van der Waals surface area contributed by atoms with Crippen LogP contribution in [-0.2, 0) is 11.3 Å². The summed E-state index contributed by atoms with van der Waals surface area (Å²) < 4.78 is 7.21. The first-order chi connectivity index (χ1) is 10.2. The van der Waals surface area contributed by atoms with Crippen molar-refractivity contribution >= 4 is 15.9 Å². The van der Waals surface area contributed by atoms with Crippen LogP contribution < -0.4 is 5.43 Å². The molecular weight excluding hydrogens is 334 g/mol. The van der Waals surface area contributed by atoms with Gasteiger partial charge >= 0.3 is 0 Å². The maximum absolute atomic E-state index is 5.94. The van der Waals surface area contributed by atoms with Crippen molar-refractivity contribution in [1.82, 2.24) is 25.3 Å². The summed E-state index contributed by atoms with van der Waals surface area (Å²) in [5, 5.41) is 2.10. The van der Waals surface area contributed by atoms with E-state index in [4.69, 9.17) is 4.74 Å². The van der Waals surface area contributed by atoms with Crippen molar-refractivity contribution in [3.63, 3.8) is 0 Å². The maximum atomic E-state index is 5.94. The third kappa shape index (κ3) is 4.06. The van der Waals surface area contributed by atoms with Crippen LogP contribution in [0.15, 0.2) is 22.7 Å². The molecule has 0 unspecified atom stereocenters. The average molecular weight is 356 g/mol. The number of hydrazine groups is 1. The number of likely N-dealkylation sites (N-methyl/N-ethyl adjacent to an activating group) is 1. The van der Waals surface area contributed by atoms with Crippen LogP contribution in [0.1, 0.15) is 18.5 Å². The van der Waals surface area contributed by atoms with E-state index in [1.807, 2.05) is 6.20 Å². The van der Waals surface area contributed by atoms with Crippen LogP contribution in [0.25, 0.3) is 0 Å². The molecule has 0 radical (unpaired) electrons. The SMILES string of the molecule is CN1CC(Br)=C(CN2CCC(OCc3cnc[nH]3)CC2)N1. The van der Waals surface area contributed by atoms with Gasteiger partial charge in [-0.1, -0.05) is 15.9 Å². The van der Waals surface area contributed by atoms with Gasteiger partial charge in [-0.2, -0.15) is 0 Å². The number of aromatic amines is 1. The Balaban J connectivity index is 1.40. The number of hydrogen-bond donors (Lipinski definition) is 2. The number of likely N-dealkylation sites (tertiary alicyclic amines) is 1. The largest absolute Gasteiger partial charge is 0.372 e. The molecule has 2 N–H and O–H groups in total. The van der Waals surface area contributed by atoms with E-state index in [1.165, 1.54) is 10.2 Å². The van der Waals surface area contributed by atoms with E-state index < -0.39 is 0 Å². The number of rotatable bonds is 5. The Labute approximate surface area is 133 Å². The molecule has 0 saturated carbocycles. The summed E-state index contributed by atoms with van der Waals surface area (Å²) in [4.78, 5) is 9.56. The molecule has 1 fully saturated rings. The molecule has 7 heteroatoms. The maximum Gasteiger partial charge on any atom is 0.0922 e. The lowest BCUT2D eigenvalue weighted by Crippen LogP contribution is -2.40. The van der Waals surface area contributed by atoms with Gasteiger partial charge in [-0.3, -0.25) is 4.90 Å². The van der Waals surface area contributed by atoms with Crippen LogP contribution in [0.3, 0.4) is 0 Å². The number of nitrogens with one attached hydrogen (secondary N) is 2. The molecule has 2 aliphatic rings. The third-order valence-electron chi connectivity index (χ3n) is 3.97. The second-order valence-electron chi connectivity index (χ2n) is 5.71. The summed E-state index contributed by atoms with van der Waals surface area (Å²) in [6.45, 7) is 4.73. The Kier molecular flexibility index (Phi) is 4.95. The highest BCUT2D eigenvalue weighted by Crippen LogP contribution is 2.21. The fourth-order valence-electron chi connectivity index (χ4n) is 2.78. The number of imidazole rings is 1. The summed E-state index contributed by atoms with van der Waals surface area (Å²) in [7, 11) is 2.06. The molecule has 2 aliphatic heterocycles. The van der Waals surface area contributed by atoms with E-state index in [1.54, 1.807) is 6.33 Å². The first-order valence-corrected chi connectivity index (χ1v) is 8.16. The smallest absolute Gasteiger partial charge is 0.0922 e. The number of piperidine rings is 1. The fourth-order valence-corrected chi connectivity index (χ4v) is 3.37. The zero-order valence-electron chi connectivity index (χ0n) is 12.3. The van der Waals surface area contributed by atoms with Crippen LogP contribution in [0, 0.1) is 0 Å². The fraction of sp³-hybridized carbons (Fsp3) is 0.643. The molecule has 1 saturated heterocycles. The number of nitrogens with zero attached hydrogens (tertiary/aromatic N) is 3. The monoisotopic (exact) mass is 355 g/mol. The summed E-state index contributed by atoms with van der Waals surface area (Å²) in [6.07, 6.45) is 6.06. The van der Waals surface area contributed by atoms with Crippen molar-refractivity contribution in [3.8, 4) is 0 Å². The highest BCUT2D eigenvalue weighted by Gasteiger charge is 2.23. The van der Waals surface area contributed by atoms with Crippen LogP contribution in [-0.4, -0.2) is 59.2 Å². The molecule has 0 amide bonds. The lowest BCUT2D eigenvalue weighted by molar-refractivity contribution is -0.00240. The molecule has 1 aromatic rings. The average Bonchev–Trinajstić information content (AvgIpc) is 3.08. The topological polar surface area (TPSA) is 56.4 Å². The summed E-state index contributed by atoms with van der Waals surface area (Å²) >= 11 is 3.65. The van der Waals surface area contributed by atoms with Gasteiger partial charge in [0.2, 0.25) is 0 Å². The zero-order valence-corrected chi connectivity index (χ0v) is 13.9. The number of aromatic nitrogens is 2. The number of ether oxygens (including phenoxy) is 1. The van der Waals surface area contributed by atoms with Gasteiger partial charge in [0.15, 0.2) is 0 Å². The van der Waals surface area contributed by atoms with Crippen LogP contribution in [0.2, 0.25) is 0 Å². The summed E-state index contributed by atoms with van der Waals surface area (Å²) in [6, 6.07) is 0. The standard InChI is InChI=1S/C14H22BrN5O/c1-19-7-13(15)14(18-19)8-20-4-2-12(3-5-20)21-9-11-6-16-10-17-11/h6,10,12,18H,2-5,7-9H2,1H3,(H,16,17). The van der Waals surface area contributed by atoms with Gasteiger partial charge in [-0.15, -0.1) is 0 Å². The van der Waals surface area contributed by atoms with Crippen molar-refractivity contribution < 1.29 is 4.74 Å². The minimum absolute atomic E-state index is 0.362. The van der Waals surface area contributed by atoms with Crippen molar-refractivity contribution in [2.75, 3.05) is 33.2 Å². The Morgan fingerprint density at radius 3 is 2.86 bits per heavy atom. The van der Waals surface area contributed by atoms with Gasteiger partial charge in [0.05, 0.1) is 43.2 Å². The van der Waals surface area contributed by atoms with Gasteiger partial charge in [0.25, 0.3) is 0 Å². The summed E-state index contributed by atoms with van der Waals surface area (Å²) in [5.41, 5.74) is 5.72. The molecular formula is C14H22BrN5O. The van der Waals surface area contributed by atoms with E-state index >= 15 is 0 Å². The van der Waals surface area contributed by atoms with Crippen LogP contribution >= 0.6 is 15.9 Å². The first kappa shape index (κ1) is 15.0. The lowest BCUT2D eigenvalue weighted by atomic mass is 10.1. The second-order valence-corrected chi connectivity index (χ2v) is 6.67. The Morgan fingerprint density at radius 2 is 2.24 bits per heavy atom. The highest BCUT2D eigenvalue weighted by atomic mass is 79.9. The molecule has 6 nitrogen and oxygen atoms in total. The van der Waals surface area contributed by atoms with Gasteiger partial charge in [0, 0.05) is 31.2 Å². The lowest BCUT2D eigenvalue weighted by Gasteiger charge is -2.32. The minimum atomic E-state index is 0.362. The molecule has 0 aliphatic carbocycles. The minimum Gasteiger partial charge on any atom is -0.372 e. The third-order valence-corrected chi connectivity index (χ3v) is 4.70. The van der Waals surface area contributed by atoms with Gasteiger partial charge in [-0.25, -0.2) is 9.99 Å². The number of hydrogen-bond acceptors (Lipinski definition) is 5. The molecule has 21 heavy (non-hydrogen) atoms. The van der Waals surface area contributed by atoms with Gasteiger partial charge in [-0.05, 0) is 12.8 Å². The highest BCUT2D eigenvalue weighted by molar-refractivity contribution is 9.11. The molecule has 1 aromatic heterocycles.